The molecule has 2 aromatic rings. The van der Waals surface area contributed by atoms with Crippen LogP contribution in [0.15, 0.2) is 48.5 Å². The number of rotatable bonds is 8. The van der Waals surface area contributed by atoms with Crippen LogP contribution in [-0.2, 0) is 10.2 Å². The summed E-state index contributed by atoms with van der Waals surface area (Å²) in [6.07, 6.45) is 2.62. The van der Waals surface area contributed by atoms with Crippen LogP contribution in [0.1, 0.15) is 31.9 Å². The predicted molar refractivity (Wildman–Crippen MR) is 106 cm³/mol. The second kappa shape index (κ2) is 9.12. The lowest BCUT2D eigenvalue weighted by molar-refractivity contribution is -0.131. The van der Waals surface area contributed by atoms with Gasteiger partial charge < -0.3 is 19.3 Å². The molecule has 0 aliphatic carbocycles. The number of carbonyl (C=O) groups is 1. The summed E-state index contributed by atoms with van der Waals surface area (Å²) in [6.45, 7) is 7.15. The van der Waals surface area contributed by atoms with E-state index in [0.29, 0.717) is 19.0 Å². The van der Waals surface area contributed by atoms with Crippen molar-refractivity contribution in [3.05, 3.63) is 59.7 Å². The highest BCUT2D eigenvalue weighted by atomic mass is 16.5. The Morgan fingerprint density at radius 1 is 1.04 bits per heavy atom. The summed E-state index contributed by atoms with van der Waals surface area (Å²) in [5.74, 6) is 1.29. The van der Waals surface area contributed by atoms with Gasteiger partial charge in [0, 0.05) is 11.6 Å². The van der Waals surface area contributed by atoms with E-state index in [2.05, 4.69) is 20.8 Å². The molecule has 0 radical (unpaired) electrons. The number of hydrogen-bond acceptors (Lipinski definition) is 4. The molecule has 27 heavy (non-hydrogen) atoms. The van der Waals surface area contributed by atoms with Crippen molar-refractivity contribution in [3.63, 3.8) is 0 Å². The van der Waals surface area contributed by atoms with Crippen molar-refractivity contribution in [1.82, 2.24) is 0 Å². The van der Waals surface area contributed by atoms with Gasteiger partial charge in [0.1, 0.15) is 30.5 Å². The fourth-order valence-corrected chi connectivity index (χ4v) is 2.53. The van der Waals surface area contributed by atoms with Crippen molar-refractivity contribution in [3.8, 4) is 17.2 Å². The summed E-state index contributed by atoms with van der Waals surface area (Å²) < 4.78 is 16.9. The molecular weight excluding hydrogens is 344 g/mol. The molecule has 1 N–H and O–H groups in total. The number of ether oxygens (including phenoxy) is 3. The van der Waals surface area contributed by atoms with Gasteiger partial charge in [-0.05, 0) is 47.4 Å². The fourth-order valence-electron chi connectivity index (χ4n) is 2.53. The van der Waals surface area contributed by atoms with Gasteiger partial charge in [0.15, 0.2) is 0 Å². The van der Waals surface area contributed by atoms with Gasteiger partial charge in [0.05, 0.1) is 7.11 Å². The predicted octanol–water partition coefficient (Wildman–Crippen LogP) is 4.55. The third kappa shape index (κ3) is 6.37. The highest BCUT2D eigenvalue weighted by Gasteiger charge is 2.20. The molecule has 2 rings (SSSR count). The zero-order valence-electron chi connectivity index (χ0n) is 16.2. The number of carboxylic acid groups (broad SMARTS) is 1. The molecule has 0 aromatic heterocycles. The molecule has 0 saturated carbocycles. The second-order valence-corrected chi connectivity index (χ2v) is 7.05. The minimum atomic E-state index is -0.983. The molecule has 0 unspecified atom stereocenters. The Hall–Kier alpha value is -2.95. The summed E-state index contributed by atoms with van der Waals surface area (Å²) in [5, 5.41) is 8.70. The van der Waals surface area contributed by atoms with E-state index in [1.807, 2.05) is 36.4 Å². The first-order chi connectivity index (χ1) is 12.8. The maximum absolute atomic E-state index is 10.6. The minimum absolute atomic E-state index is 0.0739. The average Bonchev–Trinajstić information content (AvgIpc) is 2.63. The average molecular weight is 370 g/mol. The molecule has 0 fully saturated rings. The first-order valence-corrected chi connectivity index (χ1v) is 8.75. The van der Waals surface area contributed by atoms with E-state index in [9.17, 15) is 4.79 Å². The maximum atomic E-state index is 10.6. The van der Waals surface area contributed by atoms with E-state index < -0.39 is 5.97 Å². The molecule has 5 nitrogen and oxygen atoms in total. The summed E-state index contributed by atoms with van der Waals surface area (Å²) in [6, 6.07) is 13.0. The van der Waals surface area contributed by atoms with Crippen LogP contribution in [0.4, 0.5) is 0 Å². The summed E-state index contributed by atoms with van der Waals surface area (Å²) in [5.41, 5.74) is 1.76. The molecule has 0 aliphatic rings. The molecule has 0 spiro atoms. The first kappa shape index (κ1) is 20.4. The van der Waals surface area contributed by atoms with Gasteiger partial charge in [-0.25, -0.2) is 4.79 Å². The van der Waals surface area contributed by atoms with Crippen LogP contribution in [0, 0.1) is 0 Å². The third-order valence-electron chi connectivity index (χ3n) is 3.88. The number of hydrogen-bond donors (Lipinski definition) is 1. The Bertz CT molecular complexity index is 803. The summed E-state index contributed by atoms with van der Waals surface area (Å²) in [7, 11) is 1.65. The van der Waals surface area contributed by atoms with E-state index in [4.69, 9.17) is 19.3 Å². The van der Waals surface area contributed by atoms with E-state index >= 15 is 0 Å². The quantitative estimate of drug-likeness (QED) is 0.545. The zero-order valence-corrected chi connectivity index (χ0v) is 16.2. The summed E-state index contributed by atoms with van der Waals surface area (Å²) >= 11 is 0. The van der Waals surface area contributed by atoms with Crippen molar-refractivity contribution < 1.29 is 24.1 Å². The fraction of sp³-hybridized carbons (Fsp3) is 0.318. The Morgan fingerprint density at radius 3 is 2.44 bits per heavy atom. The topological polar surface area (TPSA) is 65.0 Å². The number of methoxy groups -OCH3 is 1. The molecule has 0 saturated heterocycles. The van der Waals surface area contributed by atoms with Crippen LogP contribution >= 0.6 is 0 Å². The molecule has 2 aromatic carbocycles. The number of benzene rings is 2. The van der Waals surface area contributed by atoms with Crippen molar-refractivity contribution in [1.29, 1.82) is 0 Å². The van der Waals surface area contributed by atoms with E-state index in [-0.39, 0.29) is 5.41 Å². The van der Waals surface area contributed by atoms with Gasteiger partial charge in [0.25, 0.3) is 0 Å². The van der Waals surface area contributed by atoms with Gasteiger partial charge in [-0.15, -0.1) is 0 Å². The van der Waals surface area contributed by atoms with Crippen molar-refractivity contribution in [2.45, 2.75) is 26.2 Å². The van der Waals surface area contributed by atoms with Crippen LogP contribution < -0.4 is 14.2 Å². The SMILES string of the molecule is COc1ccc(OCCOc2cccc(C=CC(=O)O)c2)c(C(C)(C)C)c1. The van der Waals surface area contributed by atoms with Gasteiger partial charge >= 0.3 is 5.97 Å². The van der Waals surface area contributed by atoms with Crippen LogP contribution in [0.2, 0.25) is 0 Å². The lowest BCUT2D eigenvalue weighted by Gasteiger charge is -2.23. The molecule has 144 valence electrons. The van der Waals surface area contributed by atoms with Crippen molar-refractivity contribution in [2.75, 3.05) is 20.3 Å². The Morgan fingerprint density at radius 2 is 1.78 bits per heavy atom. The molecule has 0 atom stereocenters. The highest BCUT2D eigenvalue weighted by molar-refractivity contribution is 5.85. The lowest BCUT2D eigenvalue weighted by Crippen LogP contribution is -2.16. The Labute approximate surface area is 160 Å². The molecule has 5 heteroatoms. The minimum Gasteiger partial charge on any atom is -0.497 e. The summed E-state index contributed by atoms with van der Waals surface area (Å²) in [4.78, 5) is 10.6. The number of carboxylic acids is 1. The standard InChI is InChI=1S/C22H26O5/c1-22(2,3)19-15-17(25-4)9-10-20(19)27-13-12-26-18-7-5-6-16(14-18)8-11-21(23)24/h5-11,14-15H,12-13H2,1-4H3,(H,23,24). The van der Waals surface area contributed by atoms with Gasteiger partial charge in [-0.2, -0.15) is 0 Å². The Balaban J connectivity index is 1.96. The lowest BCUT2D eigenvalue weighted by atomic mass is 9.86. The molecular formula is C22H26O5. The normalized spacial score (nSPS) is 11.4. The smallest absolute Gasteiger partial charge is 0.328 e. The van der Waals surface area contributed by atoms with E-state index in [1.54, 1.807) is 13.2 Å². The van der Waals surface area contributed by atoms with Crippen LogP contribution in [-0.4, -0.2) is 31.4 Å². The van der Waals surface area contributed by atoms with Gasteiger partial charge in [-0.3, -0.25) is 0 Å². The Kier molecular flexibility index (Phi) is 6.88. The monoisotopic (exact) mass is 370 g/mol. The third-order valence-corrected chi connectivity index (χ3v) is 3.88. The van der Waals surface area contributed by atoms with Gasteiger partial charge in [-0.1, -0.05) is 32.9 Å². The second-order valence-electron chi connectivity index (χ2n) is 7.05. The van der Waals surface area contributed by atoms with E-state index in [1.165, 1.54) is 6.08 Å². The van der Waals surface area contributed by atoms with Crippen molar-refractivity contribution in [2.24, 2.45) is 0 Å². The molecule has 0 amide bonds. The van der Waals surface area contributed by atoms with Crippen LogP contribution in [0.3, 0.4) is 0 Å². The number of aliphatic carboxylic acids is 1. The molecule has 0 bridgehead atoms. The molecule has 0 heterocycles. The highest BCUT2D eigenvalue weighted by Crippen LogP contribution is 2.34. The van der Waals surface area contributed by atoms with Crippen LogP contribution in [0.25, 0.3) is 6.08 Å². The van der Waals surface area contributed by atoms with E-state index in [0.717, 1.165) is 28.7 Å². The maximum Gasteiger partial charge on any atom is 0.328 e. The van der Waals surface area contributed by atoms with Gasteiger partial charge in [0.2, 0.25) is 0 Å². The largest absolute Gasteiger partial charge is 0.497 e. The zero-order chi connectivity index (χ0) is 19.9. The van der Waals surface area contributed by atoms with Crippen LogP contribution in [0.5, 0.6) is 17.2 Å². The molecule has 0 aliphatic heterocycles. The van der Waals surface area contributed by atoms with Crippen molar-refractivity contribution >= 4 is 12.0 Å². The first-order valence-electron chi connectivity index (χ1n) is 8.75.